The van der Waals surface area contributed by atoms with Crippen LogP contribution in [0.4, 0.5) is 0 Å². The Hall–Kier alpha value is -2.55. The third-order valence-electron chi connectivity index (χ3n) is 7.04. The molecule has 0 aromatic heterocycles. The lowest BCUT2D eigenvalue weighted by Gasteiger charge is -2.18. The molecule has 0 aromatic carbocycles. The van der Waals surface area contributed by atoms with Gasteiger partial charge < -0.3 is 24.4 Å². The highest BCUT2D eigenvalue weighted by atomic mass is 31.2. The number of carbonyl (C=O) groups is 2. The van der Waals surface area contributed by atoms with Crippen molar-refractivity contribution < 1.29 is 43.0 Å². The van der Waals surface area contributed by atoms with E-state index >= 15 is 0 Å². The van der Waals surface area contributed by atoms with Gasteiger partial charge in [-0.25, -0.2) is 4.57 Å². The summed E-state index contributed by atoms with van der Waals surface area (Å²) >= 11 is 0. The van der Waals surface area contributed by atoms with Crippen molar-refractivity contribution in [2.75, 3.05) is 13.2 Å². The van der Waals surface area contributed by atoms with Crippen LogP contribution in [0, 0.1) is 5.92 Å². The summed E-state index contributed by atoms with van der Waals surface area (Å²) in [7, 11) is -4.80. The Morgan fingerprint density at radius 3 is 1.77 bits per heavy atom. The van der Waals surface area contributed by atoms with Crippen molar-refractivity contribution in [3.05, 3.63) is 72.9 Å². The van der Waals surface area contributed by atoms with E-state index in [1.54, 1.807) is 12.2 Å². The Balaban J connectivity index is 4.27. The third kappa shape index (κ3) is 34.8. The van der Waals surface area contributed by atoms with Gasteiger partial charge in [0, 0.05) is 12.8 Å². The highest BCUT2D eigenvalue weighted by Crippen LogP contribution is 2.35. The minimum Gasteiger partial charge on any atom is -0.462 e. The Morgan fingerprint density at radius 1 is 0.667 bits per heavy atom. The molecule has 0 rings (SSSR count). The summed E-state index contributed by atoms with van der Waals surface area (Å²) in [6, 6.07) is 0. The van der Waals surface area contributed by atoms with Crippen LogP contribution >= 0.6 is 7.82 Å². The summed E-state index contributed by atoms with van der Waals surface area (Å²) < 4.78 is 26.0. The molecule has 0 radical (unpaired) electrons. The molecule has 0 spiro atoms. The fraction of sp³-hybridized carbons (Fsp3) is 0.632. The molecule has 0 bridgehead atoms. The number of hydrogen-bond acceptors (Lipinski definition) is 7. The maximum absolute atomic E-state index is 12.3. The second-order valence-corrected chi connectivity index (χ2v) is 13.4. The van der Waals surface area contributed by atoms with Crippen molar-refractivity contribution in [2.24, 2.45) is 5.92 Å². The van der Waals surface area contributed by atoms with E-state index in [1.807, 2.05) is 12.2 Å². The van der Waals surface area contributed by atoms with E-state index < -0.39 is 45.2 Å². The lowest BCUT2D eigenvalue weighted by atomic mass is 10.0. The lowest BCUT2D eigenvalue weighted by Crippen LogP contribution is -2.29. The molecule has 3 N–H and O–H groups in total. The van der Waals surface area contributed by atoms with Gasteiger partial charge in [-0.3, -0.25) is 14.1 Å². The Kier molecular flexibility index (Phi) is 30.0. The average Bonchev–Trinajstić information content (AvgIpc) is 3.03. The Morgan fingerprint density at radius 2 is 1.21 bits per heavy atom. The van der Waals surface area contributed by atoms with E-state index in [9.17, 15) is 19.3 Å². The fourth-order valence-electron chi connectivity index (χ4n) is 4.37. The van der Waals surface area contributed by atoms with Crippen LogP contribution in [0.5, 0.6) is 0 Å². The van der Waals surface area contributed by atoms with Gasteiger partial charge in [-0.2, -0.15) is 0 Å². The zero-order chi connectivity index (χ0) is 35.7. The van der Waals surface area contributed by atoms with Gasteiger partial charge in [0.15, 0.2) is 6.10 Å². The van der Waals surface area contributed by atoms with E-state index in [-0.39, 0.29) is 19.3 Å². The summed E-state index contributed by atoms with van der Waals surface area (Å²) in [5, 5.41) is 10.1. The third-order valence-corrected chi connectivity index (χ3v) is 7.52. The van der Waals surface area contributed by atoms with Crippen LogP contribution < -0.4 is 0 Å². The van der Waals surface area contributed by atoms with Crippen LogP contribution in [0.2, 0.25) is 0 Å². The van der Waals surface area contributed by atoms with E-state index in [0.717, 1.165) is 57.3 Å². The maximum Gasteiger partial charge on any atom is 0.469 e. The Labute approximate surface area is 290 Å². The molecule has 0 aliphatic carbocycles. The number of aliphatic hydroxyl groups excluding tert-OH is 1. The van der Waals surface area contributed by atoms with Crippen molar-refractivity contribution in [3.8, 4) is 0 Å². The van der Waals surface area contributed by atoms with Crippen LogP contribution in [-0.2, 0) is 28.2 Å². The van der Waals surface area contributed by atoms with Crippen molar-refractivity contribution in [1.82, 2.24) is 0 Å². The summed E-state index contributed by atoms with van der Waals surface area (Å²) in [5.41, 5.74) is 0. The van der Waals surface area contributed by atoms with E-state index in [2.05, 4.69) is 73.9 Å². The molecule has 0 aliphatic heterocycles. The molecule has 0 aliphatic rings. The lowest BCUT2D eigenvalue weighted by molar-refractivity contribution is -0.161. The SMILES string of the molecule is CC/C=C\C/C=C\C/C=C\C/C=C\C/C=C\C=C/C(O)CCC(=O)OC[C@H](COP(=O)(O)O)OC(=O)CCCCCCCCCC(C)C. The molecular formula is C38H63O9P. The van der Waals surface area contributed by atoms with Gasteiger partial charge in [-0.05, 0) is 50.9 Å². The van der Waals surface area contributed by atoms with Crippen LogP contribution in [0.3, 0.4) is 0 Å². The Bertz CT molecular complexity index is 1040. The highest BCUT2D eigenvalue weighted by Gasteiger charge is 2.23. The number of phosphoric acid groups is 1. The number of ether oxygens (including phenoxy) is 2. The molecular weight excluding hydrogens is 631 g/mol. The van der Waals surface area contributed by atoms with Gasteiger partial charge in [-0.1, -0.05) is 139 Å². The zero-order valence-corrected chi connectivity index (χ0v) is 30.5. The van der Waals surface area contributed by atoms with Crippen molar-refractivity contribution in [3.63, 3.8) is 0 Å². The number of rotatable bonds is 30. The summed E-state index contributed by atoms with van der Waals surface area (Å²) in [6.07, 6.45) is 35.6. The van der Waals surface area contributed by atoms with Gasteiger partial charge >= 0.3 is 19.8 Å². The van der Waals surface area contributed by atoms with Gasteiger partial charge in [0.1, 0.15) is 6.61 Å². The van der Waals surface area contributed by atoms with Crippen LogP contribution in [0.25, 0.3) is 0 Å². The van der Waals surface area contributed by atoms with Crippen LogP contribution in [0.1, 0.15) is 124 Å². The smallest absolute Gasteiger partial charge is 0.462 e. The van der Waals surface area contributed by atoms with E-state index in [0.29, 0.717) is 6.42 Å². The molecule has 0 amide bonds. The monoisotopic (exact) mass is 694 g/mol. The number of allylic oxidation sites excluding steroid dienone is 11. The first-order chi connectivity index (χ1) is 23.0. The minimum absolute atomic E-state index is 0.0886. The first kappa shape index (κ1) is 45.5. The molecule has 2 atom stereocenters. The van der Waals surface area contributed by atoms with E-state index in [1.165, 1.54) is 25.7 Å². The summed E-state index contributed by atoms with van der Waals surface area (Å²) in [5.74, 6) is -0.446. The summed E-state index contributed by atoms with van der Waals surface area (Å²) in [6.45, 7) is 5.56. The van der Waals surface area contributed by atoms with Gasteiger partial charge in [-0.15, -0.1) is 0 Å². The topological polar surface area (TPSA) is 140 Å². The number of carbonyl (C=O) groups excluding carboxylic acids is 2. The maximum atomic E-state index is 12.3. The quantitative estimate of drug-likeness (QED) is 0.0221. The number of aliphatic hydroxyl groups is 1. The standard InChI is InChI=1S/C38H63O9P/c1-4-5-6-7-8-9-10-11-12-13-14-15-16-19-22-25-28-35(39)30-31-37(40)45-32-36(33-46-48(42,43)44)47-38(41)29-26-23-20-17-18-21-24-27-34(2)3/h5-6,8-9,11-12,14-15,19,22,25,28,34-36,39H,4,7,10,13,16-18,20-21,23-24,26-27,29-33H2,1-3H3,(H2,42,43,44)/b6-5-,9-8-,12-11-,15-14-,22-19-,28-25-/t35?,36-/m1/s1. The largest absolute Gasteiger partial charge is 0.469 e. The van der Waals surface area contributed by atoms with Crippen molar-refractivity contribution >= 4 is 19.8 Å². The minimum atomic E-state index is -4.80. The molecule has 0 fully saturated rings. The predicted octanol–water partition coefficient (Wildman–Crippen LogP) is 9.17. The van der Waals surface area contributed by atoms with Crippen LogP contribution in [-0.4, -0.2) is 52.3 Å². The molecule has 9 nitrogen and oxygen atoms in total. The van der Waals surface area contributed by atoms with Gasteiger partial charge in [0.25, 0.3) is 0 Å². The van der Waals surface area contributed by atoms with Crippen molar-refractivity contribution in [1.29, 1.82) is 0 Å². The number of phosphoric ester groups is 1. The van der Waals surface area contributed by atoms with Crippen LogP contribution in [0.15, 0.2) is 72.9 Å². The van der Waals surface area contributed by atoms with Crippen molar-refractivity contribution in [2.45, 2.75) is 136 Å². The molecule has 0 aromatic rings. The average molecular weight is 695 g/mol. The molecule has 1 unspecified atom stereocenters. The number of esters is 2. The zero-order valence-electron chi connectivity index (χ0n) is 29.6. The second kappa shape index (κ2) is 31.7. The summed E-state index contributed by atoms with van der Waals surface area (Å²) in [4.78, 5) is 42.6. The molecule has 48 heavy (non-hydrogen) atoms. The second-order valence-electron chi connectivity index (χ2n) is 12.1. The van der Waals surface area contributed by atoms with Gasteiger partial charge in [0.05, 0.1) is 12.7 Å². The fourth-order valence-corrected chi connectivity index (χ4v) is 4.73. The molecule has 0 saturated carbocycles. The first-order valence-corrected chi connectivity index (χ1v) is 19.2. The predicted molar refractivity (Wildman–Crippen MR) is 194 cm³/mol. The first-order valence-electron chi connectivity index (χ1n) is 17.7. The normalized spacial score (nSPS) is 14.1. The molecule has 0 saturated heterocycles. The number of unbranched alkanes of at least 4 members (excludes halogenated alkanes) is 6. The van der Waals surface area contributed by atoms with E-state index in [4.69, 9.17) is 19.3 Å². The molecule has 274 valence electrons. The molecule has 10 heteroatoms. The number of hydrogen-bond donors (Lipinski definition) is 3. The van der Waals surface area contributed by atoms with Gasteiger partial charge in [0.2, 0.25) is 0 Å². The molecule has 0 heterocycles. The highest BCUT2D eigenvalue weighted by molar-refractivity contribution is 7.46.